The van der Waals surface area contributed by atoms with E-state index >= 15 is 0 Å². The number of likely N-dealkylation sites (N-methyl/N-ethyl adjacent to an activating group) is 1. The molecule has 0 saturated heterocycles. The summed E-state index contributed by atoms with van der Waals surface area (Å²) >= 11 is 3.69. The molecule has 0 radical (unpaired) electrons. The zero-order valence-corrected chi connectivity index (χ0v) is 14.7. The lowest BCUT2D eigenvalue weighted by Gasteiger charge is -2.18. The summed E-state index contributed by atoms with van der Waals surface area (Å²) in [7, 11) is 2.05. The molecule has 0 spiro atoms. The van der Waals surface area contributed by atoms with E-state index in [0.29, 0.717) is 5.92 Å². The predicted octanol–water partition coefficient (Wildman–Crippen LogP) is 5.89. The molecule has 0 aliphatic heterocycles. The molecule has 0 aromatic heterocycles. The molecular formula is C18H30BrN. The quantitative estimate of drug-likeness (QED) is 0.495. The second-order valence-corrected chi connectivity index (χ2v) is 6.54. The van der Waals surface area contributed by atoms with Crippen LogP contribution < -0.4 is 5.32 Å². The third-order valence-corrected chi connectivity index (χ3v) is 4.67. The maximum atomic E-state index is 3.69. The lowest BCUT2D eigenvalue weighted by Crippen LogP contribution is -2.17. The minimum atomic E-state index is 0.631. The Labute approximate surface area is 133 Å². The van der Waals surface area contributed by atoms with Gasteiger partial charge in [0.25, 0.3) is 0 Å². The minimum absolute atomic E-state index is 0.631. The molecule has 1 N–H and O–H groups in total. The van der Waals surface area contributed by atoms with Gasteiger partial charge in [-0.3, -0.25) is 0 Å². The molecule has 0 amide bonds. The molecule has 0 saturated carbocycles. The van der Waals surface area contributed by atoms with Gasteiger partial charge in [-0.25, -0.2) is 0 Å². The number of halogens is 1. The Hall–Kier alpha value is -0.340. The van der Waals surface area contributed by atoms with E-state index in [2.05, 4.69) is 59.5 Å². The second kappa shape index (κ2) is 11.3. The van der Waals surface area contributed by atoms with Gasteiger partial charge < -0.3 is 5.32 Å². The molecule has 0 aliphatic rings. The van der Waals surface area contributed by atoms with E-state index in [1.54, 1.807) is 0 Å². The Morgan fingerprint density at radius 2 is 1.65 bits per heavy atom. The first-order valence-corrected chi connectivity index (χ1v) is 8.98. The van der Waals surface area contributed by atoms with Crippen LogP contribution in [-0.4, -0.2) is 13.6 Å². The largest absolute Gasteiger partial charge is 0.319 e. The van der Waals surface area contributed by atoms with Gasteiger partial charge in [-0.05, 0) is 31.0 Å². The van der Waals surface area contributed by atoms with Crippen LogP contribution >= 0.6 is 15.9 Å². The third kappa shape index (κ3) is 6.90. The highest BCUT2D eigenvalue weighted by Crippen LogP contribution is 2.28. The summed E-state index contributed by atoms with van der Waals surface area (Å²) in [5.41, 5.74) is 1.45. The van der Waals surface area contributed by atoms with E-state index in [1.807, 2.05) is 0 Å². The number of hydrogen-bond donors (Lipinski definition) is 1. The molecule has 0 aliphatic carbocycles. The average Bonchev–Trinajstić information content (AvgIpc) is 2.46. The van der Waals surface area contributed by atoms with Crippen molar-refractivity contribution in [2.24, 2.45) is 0 Å². The van der Waals surface area contributed by atoms with E-state index < -0.39 is 0 Å². The van der Waals surface area contributed by atoms with Gasteiger partial charge in [-0.15, -0.1) is 0 Å². The fourth-order valence-corrected chi connectivity index (χ4v) is 3.38. The molecule has 1 rings (SSSR count). The lowest BCUT2D eigenvalue weighted by molar-refractivity contribution is 0.518. The zero-order chi connectivity index (χ0) is 14.6. The van der Waals surface area contributed by atoms with E-state index in [-0.39, 0.29) is 0 Å². The fraction of sp³-hybridized carbons (Fsp3) is 0.667. The highest BCUT2D eigenvalue weighted by atomic mass is 79.9. The van der Waals surface area contributed by atoms with Crippen molar-refractivity contribution in [3.05, 3.63) is 34.3 Å². The summed E-state index contributed by atoms with van der Waals surface area (Å²) in [6.07, 6.45) is 11.0. The monoisotopic (exact) mass is 339 g/mol. The molecule has 1 aromatic carbocycles. The molecule has 1 aromatic rings. The molecule has 2 heteroatoms. The van der Waals surface area contributed by atoms with Crippen LogP contribution in [0.2, 0.25) is 0 Å². The van der Waals surface area contributed by atoms with Gasteiger partial charge in [-0.2, -0.15) is 0 Å². The van der Waals surface area contributed by atoms with E-state index in [9.17, 15) is 0 Å². The summed E-state index contributed by atoms with van der Waals surface area (Å²) in [5.74, 6) is 0.631. The molecule has 0 heterocycles. The molecule has 0 fully saturated rings. The van der Waals surface area contributed by atoms with Crippen LogP contribution in [-0.2, 0) is 0 Å². The zero-order valence-electron chi connectivity index (χ0n) is 13.1. The molecule has 114 valence electrons. The first-order valence-electron chi connectivity index (χ1n) is 8.18. The molecule has 1 nitrogen and oxygen atoms in total. The fourth-order valence-electron chi connectivity index (χ4n) is 2.77. The van der Waals surface area contributed by atoms with E-state index in [0.717, 1.165) is 6.54 Å². The Morgan fingerprint density at radius 1 is 1.00 bits per heavy atom. The number of unbranched alkanes of at least 4 members (excludes halogenated alkanes) is 6. The Morgan fingerprint density at radius 3 is 2.30 bits per heavy atom. The summed E-state index contributed by atoms with van der Waals surface area (Å²) in [6, 6.07) is 8.65. The van der Waals surface area contributed by atoms with Crippen molar-refractivity contribution in [3.63, 3.8) is 0 Å². The normalized spacial score (nSPS) is 12.6. The molecule has 0 bridgehead atoms. The predicted molar refractivity (Wildman–Crippen MR) is 93.4 cm³/mol. The topological polar surface area (TPSA) is 12.0 Å². The summed E-state index contributed by atoms with van der Waals surface area (Å²) < 4.78 is 1.25. The van der Waals surface area contributed by atoms with Crippen molar-refractivity contribution >= 4 is 15.9 Å². The second-order valence-electron chi connectivity index (χ2n) is 5.69. The van der Waals surface area contributed by atoms with Gasteiger partial charge in [0, 0.05) is 11.0 Å². The van der Waals surface area contributed by atoms with Crippen molar-refractivity contribution in [1.82, 2.24) is 5.32 Å². The van der Waals surface area contributed by atoms with Crippen molar-refractivity contribution in [2.75, 3.05) is 13.6 Å². The minimum Gasteiger partial charge on any atom is -0.319 e. The lowest BCUT2D eigenvalue weighted by atomic mass is 9.93. The number of benzene rings is 1. The maximum Gasteiger partial charge on any atom is 0.0210 e. The van der Waals surface area contributed by atoms with Crippen LogP contribution in [0, 0.1) is 0 Å². The van der Waals surface area contributed by atoms with Gasteiger partial charge in [-0.1, -0.05) is 86.0 Å². The van der Waals surface area contributed by atoms with Gasteiger partial charge >= 0.3 is 0 Å². The van der Waals surface area contributed by atoms with Crippen molar-refractivity contribution in [3.8, 4) is 0 Å². The number of rotatable bonds is 11. The Balaban J connectivity index is 2.31. The first-order chi connectivity index (χ1) is 9.79. The average molecular weight is 340 g/mol. The molecule has 1 unspecified atom stereocenters. The Kier molecular flexibility index (Phi) is 10.0. The highest BCUT2D eigenvalue weighted by Gasteiger charge is 2.12. The van der Waals surface area contributed by atoms with Crippen molar-refractivity contribution < 1.29 is 0 Å². The van der Waals surface area contributed by atoms with Gasteiger partial charge in [0.15, 0.2) is 0 Å². The summed E-state index contributed by atoms with van der Waals surface area (Å²) in [4.78, 5) is 0. The highest BCUT2D eigenvalue weighted by molar-refractivity contribution is 9.10. The van der Waals surface area contributed by atoms with Crippen LogP contribution in [0.5, 0.6) is 0 Å². The summed E-state index contributed by atoms with van der Waals surface area (Å²) in [5, 5.41) is 3.34. The Bertz CT molecular complexity index is 351. The van der Waals surface area contributed by atoms with E-state index in [4.69, 9.17) is 0 Å². The van der Waals surface area contributed by atoms with Crippen LogP contribution in [0.4, 0.5) is 0 Å². The number of nitrogens with one attached hydrogen (secondary N) is 1. The van der Waals surface area contributed by atoms with Gasteiger partial charge in [0.1, 0.15) is 0 Å². The van der Waals surface area contributed by atoms with Crippen LogP contribution in [0.25, 0.3) is 0 Å². The van der Waals surface area contributed by atoms with Crippen molar-refractivity contribution in [1.29, 1.82) is 0 Å². The van der Waals surface area contributed by atoms with Crippen LogP contribution in [0.3, 0.4) is 0 Å². The number of hydrogen-bond acceptors (Lipinski definition) is 1. The smallest absolute Gasteiger partial charge is 0.0210 e. The summed E-state index contributed by atoms with van der Waals surface area (Å²) in [6.45, 7) is 3.35. The maximum absolute atomic E-state index is 3.69. The standard InChI is InChI=1S/C18H30BrN/c1-3-4-5-6-7-8-9-12-16(15-20-2)17-13-10-11-14-18(17)19/h10-11,13-14,16,20H,3-9,12,15H2,1-2H3. The van der Waals surface area contributed by atoms with Crippen molar-refractivity contribution in [2.45, 2.75) is 64.2 Å². The molecule has 20 heavy (non-hydrogen) atoms. The first kappa shape index (κ1) is 17.7. The van der Waals surface area contributed by atoms with Crippen LogP contribution in [0.1, 0.15) is 69.8 Å². The van der Waals surface area contributed by atoms with Crippen LogP contribution in [0.15, 0.2) is 28.7 Å². The van der Waals surface area contributed by atoms with Gasteiger partial charge in [0.05, 0.1) is 0 Å². The SMILES string of the molecule is CCCCCCCCCC(CNC)c1ccccc1Br. The van der Waals surface area contributed by atoms with E-state index in [1.165, 1.54) is 61.4 Å². The molecule has 1 atom stereocenters. The molecular weight excluding hydrogens is 310 g/mol. The third-order valence-electron chi connectivity index (χ3n) is 3.95. The van der Waals surface area contributed by atoms with Gasteiger partial charge in [0.2, 0.25) is 0 Å².